The van der Waals surface area contributed by atoms with Gasteiger partial charge in [0.2, 0.25) is 0 Å². The monoisotopic (exact) mass is 323 g/mol. The van der Waals surface area contributed by atoms with Crippen LogP contribution in [0.3, 0.4) is 0 Å². The maximum absolute atomic E-state index is 13.4. The molecule has 1 aromatic rings. The second-order valence-electron chi connectivity index (χ2n) is 3.63. The van der Waals surface area contributed by atoms with Gasteiger partial charge in [-0.25, -0.2) is 8.78 Å². The van der Waals surface area contributed by atoms with Crippen LogP contribution in [0.25, 0.3) is 0 Å². The predicted octanol–water partition coefficient (Wildman–Crippen LogP) is 3.19. The van der Waals surface area contributed by atoms with E-state index in [1.807, 2.05) is 0 Å². The van der Waals surface area contributed by atoms with E-state index >= 15 is 0 Å². The fourth-order valence-corrected chi connectivity index (χ4v) is 1.62. The molecule has 0 aliphatic rings. The van der Waals surface area contributed by atoms with E-state index in [-0.39, 0.29) is 10.2 Å². The van der Waals surface area contributed by atoms with Crippen molar-refractivity contribution in [1.82, 2.24) is 0 Å². The second kappa shape index (κ2) is 8.39. The summed E-state index contributed by atoms with van der Waals surface area (Å²) < 4.78 is 36.8. The zero-order chi connectivity index (χ0) is 13.4. The molecule has 1 N–H and O–H groups in total. The summed E-state index contributed by atoms with van der Waals surface area (Å²) in [5, 5.41) is 2.82. The summed E-state index contributed by atoms with van der Waals surface area (Å²) in [5.41, 5.74) is 0.160. The summed E-state index contributed by atoms with van der Waals surface area (Å²) in [4.78, 5) is 0. The Labute approximate surface area is 114 Å². The predicted molar refractivity (Wildman–Crippen MR) is 69.9 cm³/mol. The lowest BCUT2D eigenvalue weighted by molar-refractivity contribution is 0.0705. The Morgan fingerprint density at radius 1 is 1.17 bits per heavy atom. The lowest BCUT2D eigenvalue weighted by Gasteiger charge is -2.08. The molecule has 3 nitrogen and oxygen atoms in total. The number of rotatable bonds is 8. The normalized spacial score (nSPS) is 10.7. The Kier molecular flexibility index (Phi) is 7.15. The van der Waals surface area contributed by atoms with Crippen molar-refractivity contribution in [3.05, 3.63) is 28.2 Å². The van der Waals surface area contributed by atoms with Gasteiger partial charge >= 0.3 is 0 Å². The van der Waals surface area contributed by atoms with Crippen LogP contribution in [0.1, 0.15) is 6.42 Å². The van der Waals surface area contributed by atoms with Gasteiger partial charge in [0.25, 0.3) is 0 Å². The molecule has 0 radical (unpaired) electrons. The van der Waals surface area contributed by atoms with Crippen LogP contribution in [-0.2, 0) is 9.47 Å². The maximum atomic E-state index is 13.4. The van der Waals surface area contributed by atoms with E-state index in [1.54, 1.807) is 7.11 Å². The highest BCUT2D eigenvalue weighted by molar-refractivity contribution is 9.10. The lowest BCUT2D eigenvalue weighted by atomic mass is 10.3. The van der Waals surface area contributed by atoms with Crippen LogP contribution in [0.5, 0.6) is 0 Å². The molecule has 1 rings (SSSR count). The quantitative estimate of drug-likeness (QED) is 0.588. The van der Waals surface area contributed by atoms with Crippen molar-refractivity contribution in [3.8, 4) is 0 Å². The van der Waals surface area contributed by atoms with Gasteiger partial charge in [-0.3, -0.25) is 0 Å². The summed E-state index contributed by atoms with van der Waals surface area (Å²) in [6, 6.07) is 2.23. The van der Waals surface area contributed by atoms with Gasteiger partial charge < -0.3 is 14.8 Å². The zero-order valence-corrected chi connectivity index (χ0v) is 11.7. The fraction of sp³-hybridized carbons (Fsp3) is 0.500. The summed E-state index contributed by atoms with van der Waals surface area (Å²) in [7, 11) is 1.61. The van der Waals surface area contributed by atoms with Crippen LogP contribution in [-0.4, -0.2) is 33.5 Å². The number of hydrogen-bond donors (Lipinski definition) is 1. The lowest BCUT2D eigenvalue weighted by Crippen LogP contribution is -2.09. The van der Waals surface area contributed by atoms with Gasteiger partial charge in [-0.15, -0.1) is 0 Å². The number of ether oxygens (including phenoxy) is 2. The van der Waals surface area contributed by atoms with Crippen molar-refractivity contribution in [2.75, 3.05) is 38.8 Å². The molecule has 0 fully saturated rings. The molecule has 18 heavy (non-hydrogen) atoms. The number of anilines is 1. The van der Waals surface area contributed by atoms with Gasteiger partial charge in [0.1, 0.15) is 11.6 Å². The molecular weight excluding hydrogens is 308 g/mol. The molecular formula is C12H16BrF2NO2. The summed E-state index contributed by atoms with van der Waals surface area (Å²) in [6.45, 7) is 2.17. The molecule has 1 aromatic carbocycles. The standard InChI is InChI=1S/C12H16BrF2NO2/c1-17-5-6-18-4-2-3-16-12-8-10(14)9(13)7-11(12)15/h7-8,16H,2-6H2,1H3. The second-order valence-corrected chi connectivity index (χ2v) is 4.49. The average Bonchev–Trinajstić information content (AvgIpc) is 2.34. The van der Waals surface area contributed by atoms with Crippen molar-refractivity contribution < 1.29 is 18.3 Å². The highest BCUT2D eigenvalue weighted by Gasteiger charge is 2.07. The van der Waals surface area contributed by atoms with Crippen LogP contribution in [0.2, 0.25) is 0 Å². The first-order valence-electron chi connectivity index (χ1n) is 5.60. The third kappa shape index (κ3) is 5.29. The minimum absolute atomic E-state index is 0.119. The molecule has 0 heterocycles. The molecule has 102 valence electrons. The van der Waals surface area contributed by atoms with Gasteiger partial charge in [0.05, 0.1) is 23.4 Å². The summed E-state index contributed by atoms with van der Waals surface area (Å²) in [6.07, 6.45) is 0.709. The molecule has 0 aliphatic carbocycles. The molecule has 0 saturated heterocycles. The minimum atomic E-state index is -0.491. The van der Waals surface area contributed by atoms with Gasteiger partial charge in [-0.2, -0.15) is 0 Å². The van der Waals surface area contributed by atoms with Crippen molar-refractivity contribution in [3.63, 3.8) is 0 Å². The van der Waals surface area contributed by atoms with E-state index in [2.05, 4.69) is 21.2 Å². The Morgan fingerprint density at radius 3 is 2.67 bits per heavy atom. The molecule has 0 amide bonds. The summed E-state index contributed by atoms with van der Waals surface area (Å²) >= 11 is 2.92. The Morgan fingerprint density at radius 2 is 1.94 bits per heavy atom. The van der Waals surface area contributed by atoms with E-state index in [0.29, 0.717) is 32.8 Å². The van der Waals surface area contributed by atoms with Crippen LogP contribution in [0, 0.1) is 11.6 Å². The Balaban J connectivity index is 2.25. The van der Waals surface area contributed by atoms with Crippen LogP contribution >= 0.6 is 15.9 Å². The third-order valence-corrected chi connectivity index (χ3v) is 2.83. The molecule has 0 aromatic heterocycles. The summed E-state index contributed by atoms with van der Waals surface area (Å²) in [5.74, 6) is -0.973. The van der Waals surface area contributed by atoms with Crippen LogP contribution in [0.15, 0.2) is 16.6 Å². The van der Waals surface area contributed by atoms with E-state index in [4.69, 9.17) is 9.47 Å². The molecule has 0 unspecified atom stereocenters. The first-order chi connectivity index (χ1) is 8.65. The van der Waals surface area contributed by atoms with E-state index in [0.717, 1.165) is 12.1 Å². The molecule has 0 atom stereocenters. The highest BCUT2D eigenvalue weighted by Crippen LogP contribution is 2.23. The van der Waals surface area contributed by atoms with Gasteiger partial charge in [0, 0.05) is 26.3 Å². The fourth-order valence-electron chi connectivity index (χ4n) is 1.30. The molecule has 0 bridgehead atoms. The van der Waals surface area contributed by atoms with Gasteiger partial charge in [0.15, 0.2) is 0 Å². The van der Waals surface area contributed by atoms with Crippen molar-refractivity contribution in [2.45, 2.75) is 6.42 Å². The van der Waals surface area contributed by atoms with E-state index in [9.17, 15) is 8.78 Å². The largest absolute Gasteiger partial charge is 0.383 e. The van der Waals surface area contributed by atoms with Gasteiger partial charge in [-0.1, -0.05) is 0 Å². The van der Waals surface area contributed by atoms with Crippen LogP contribution < -0.4 is 5.32 Å². The van der Waals surface area contributed by atoms with Crippen molar-refractivity contribution >= 4 is 21.6 Å². The average molecular weight is 324 g/mol. The first-order valence-corrected chi connectivity index (χ1v) is 6.39. The number of hydrogen-bond acceptors (Lipinski definition) is 3. The minimum Gasteiger partial charge on any atom is -0.383 e. The van der Waals surface area contributed by atoms with E-state index < -0.39 is 11.6 Å². The van der Waals surface area contributed by atoms with Crippen molar-refractivity contribution in [2.24, 2.45) is 0 Å². The SMILES string of the molecule is COCCOCCCNc1cc(F)c(Br)cc1F. The number of nitrogens with one attached hydrogen (secondary N) is 1. The molecule has 6 heteroatoms. The number of methoxy groups -OCH3 is 1. The highest BCUT2D eigenvalue weighted by atomic mass is 79.9. The third-order valence-electron chi connectivity index (χ3n) is 2.22. The van der Waals surface area contributed by atoms with Gasteiger partial charge in [-0.05, 0) is 28.4 Å². The first kappa shape index (κ1) is 15.3. The number of benzene rings is 1. The zero-order valence-electron chi connectivity index (χ0n) is 10.1. The Hall–Kier alpha value is -0.720. The van der Waals surface area contributed by atoms with Crippen LogP contribution in [0.4, 0.5) is 14.5 Å². The smallest absolute Gasteiger partial charge is 0.147 e. The molecule has 0 saturated carbocycles. The maximum Gasteiger partial charge on any atom is 0.147 e. The number of halogens is 3. The Bertz CT molecular complexity index is 377. The van der Waals surface area contributed by atoms with E-state index in [1.165, 1.54) is 0 Å². The molecule has 0 aliphatic heterocycles. The topological polar surface area (TPSA) is 30.5 Å². The molecule has 0 spiro atoms. The van der Waals surface area contributed by atoms with Crippen molar-refractivity contribution in [1.29, 1.82) is 0 Å².